The Labute approximate surface area is 122 Å². The first-order valence-electron chi connectivity index (χ1n) is 6.60. The van der Waals surface area contributed by atoms with Gasteiger partial charge in [0.15, 0.2) is 0 Å². The first-order valence-corrected chi connectivity index (χ1v) is 8.04. The van der Waals surface area contributed by atoms with E-state index in [1.807, 2.05) is 0 Å². The third-order valence-corrected chi connectivity index (χ3v) is 5.49. The van der Waals surface area contributed by atoms with Gasteiger partial charge >= 0.3 is 6.18 Å². The van der Waals surface area contributed by atoms with Crippen molar-refractivity contribution >= 4 is 10.0 Å². The van der Waals surface area contributed by atoms with Gasteiger partial charge in [-0.15, -0.1) is 0 Å². The molecule has 1 aliphatic heterocycles. The average molecular weight is 322 g/mol. The number of nitrogens with one attached hydrogen (secondary N) is 1. The van der Waals surface area contributed by atoms with E-state index in [1.54, 1.807) is 7.05 Å². The molecule has 0 amide bonds. The minimum absolute atomic E-state index is 0.0722. The van der Waals surface area contributed by atoms with E-state index in [4.69, 9.17) is 0 Å². The fourth-order valence-corrected chi connectivity index (χ4v) is 3.89. The number of nitrogens with zero attached hydrogens (tertiary/aromatic N) is 1. The quantitative estimate of drug-likeness (QED) is 0.927. The number of hydrogen-bond acceptors (Lipinski definition) is 3. The second-order valence-corrected chi connectivity index (χ2v) is 6.95. The van der Waals surface area contributed by atoms with Crippen LogP contribution in [0.2, 0.25) is 0 Å². The Morgan fingerprint density at radius 3 is 2.38 bits per heavy atom. The van der Waals surface area contributed by atoms with Gasteiger partial charge in [-0.3, -0.25) is 0 Å². The van der Waals surface area contributed by atoms with Gasteiger partial charge in [0.25, 0.3) is 0 Å². The van der Waals surface area contributed by atoms with Crippen molar-refractivity contribution < 1.29 is 21.6 Å². The number of piperidine rings is 1. The van der Waals surface area contributed by atoms with E-state index in [-0.39, 0.29) is 10.9 Å². The Morgan fingerprint density at radius 1 is 1.24 bits per heavy atom. The second-order valence-electron chi connectivity index (χ2n) is 5.01. The van der Waals surface area contributed by atoms with Crippen LogP contribution in [0.5, 0.6) is 0 Å². The molecular weight excluding hydrogens is 305 g/mol. The molecule has 1 aromatic carbocycles. The summed E-state index contributed by atoms with van der Waals surface area (Å²) in [5, 5.41) is 3.03. The van der Waals surface area contributed by atoms with Crippen LogP contribution in [0, 0.1) is 0 Å². The van der Waals surface area contributed by atoms with E-state index in [1.165, 1.54) is 4.31 Å². The number of rotatable bonds is 3. The van der Waals surface area contributed by atoms with E-state index in [2.05, 4.69) is 5.32 Å². The number of sulfonamides is 1. The van der Waals surface area contributed by atoms with E-state index in [0.29, 0.717) is 13.1 Å². The van der Waals surface area contributed by atoms with Crippen LogP contribution >= 0.6 is 0 Å². The Hall–Kier alpha value is -1.12. The molecule has 0 aliphatic carbocycles. The van der Waals surface area contributed by atoms with Gasteiger partial charge in [0.1, 0.15) is 0 Å². The lowest BCUT2D eigenvalue weighted by Crippen LogP contribution is -2.46. The highest BCUT2D eigenvalue weighted by Gasteiger charge is 2.32. The van der Waals surface area contributed by atoms with Crippen molar-refractivity contribution in [2.24, 2.45) is 0 Å². The molecule has 0 bridgehead atoms. The summed E-state index contributed by atoms with van der Waals surface area (Å²) in [5.41, 5.74) is -0.854. The third-order valence-electron chi connectivity index (χ3n) is 3.61. The summed E-state index contributed by atoms with van der Waals surface area (Å²) in [7, 11) is -1.98. The van der Waals surface area contributed by atoms with Crippen molar-refractivity contribution in [2.75, 3.05) is 20.1 Å². The largest absolute Gasteiger partial charge is 0.416 e. The van der Waals surface area contributed by atoms with Gasteiger partial charge in [-0.1, -0.05) is 0 Å². The maximum absolute atomic E-state index is 12.5. The molecule has 0 aromatic heterocycles. The highest BCUT2D eigenvalue weighted by Crippen LogP contribution is 2.30. The lowest BCUT2D eigenvalue weighted by atomic mass is 10.1. The molecule has 8 heteroatoms. The number of likely N-dealkylation sites (N-methyl/N-ethyl adjacent to an activating group) is 1. The molecule has 1 heterocycles. The van der Waals surface area contributed by atoms with Crippen LogP contribution in [0.25, 0.3) is 0 Å². The van der Waals surface area contributed by atoms with Crippen LogP contribution in [0.3, 0.4) is 0 Å². The molecule has 2 rings (SSSR count). The predicted octanol–water partition coefficient (Wildman–Crippen LogP) is 2.08. The van der Waals surface area contributed by atoms with E-state index in [9.17, 15) is 21.6 Å². The lowest BCUT2D eigenvalue weighted by molar-refractivity contribution is -0.137. The van der Waals surface area contributed by atoms with Gasteiger partial charge < -0.3 is 5.32 Å². The molecule has 0 saturated carbocycles. The second kappa shape index (κ2) is 5.94. The standard InChI is InChI=1S/C13H17F3N2O2S/c1-17-11-3-2-8-18(9-11)21(19,20)12-6-4-10(5-7-12)13(14,15)16/h4-7,11,17H,2-3,8-9H2,1H3/t11-/m0/s1. The van der Waals surface area contributed by atoms with Gasteiger partial charge in [0.05, 0.1) is 10.5 Å². The zero-order chi connectivity index (χ0) is 15.7. The van der Waals surface area contributed by atoms with Gasteiger partial charge in [0, 0.05) is 19.1 Å². The minimum Gasteiger partial charge on any atom is -0.316 e. The monoisotopic (exact) mass is 322 g/mol. The smallest absolute Gasteiger partial charge is 0.316 e. The van der Waals surface area contributed by atoms with Crippen molar-refractivity contribution in [1.82, 2.24) is 9.62 Å². The zero-order valence-electron chi connectivity index (χ0n) is 11.5. The number of halogens is 3. The van der Waals surface area contributed by atoms with Crippen molar-refractivity contribution in [3.63, 3.8) is 0 Å². The highest BCUT2D eigenvalue weighted by molar-refractivity contribution is 7.89. The van der Waals surface area contributed by atoms with Crippen LogP contribution in [0.4, 0.5) is 13.2 Å². The molecule has 21 heavy (non-hydrogen) atoms. The van der Waals surface area contributed by atoms with Crippen molar-refractivity contribution in [3.05, 3.63) is 29.8 Å². The predicted molar refractivity (Wildman–Crippen MR) is 72.3 cm³/mol. The van der Waals surface area contributed by atoms with Gasteiger partial charge in [-0.05, 0) is 44.2 Å². The maximum atomic E-state index is 12.5. The molecule has 4 nitrogen and oxygen atoms in total. The average Bonchev–Trinajstić information content (AvgIpc) is 2.46. The van der Waals surface area contributed by atoms with E-state index >= 15 is 0 Å². The summed E-state index contributed by atoms with van der Waals surface area (Å²) in [5.74, 6) is 0. The number of hydrogen-bond donors (Lipinski definition) is 1. The highest BCUT2D eigenvalue weighted by atomic mass is 32.2. The maximum Gasteiger partial charge on any atom is 0.416 e. The summed E-state index contributed by atoms with van der Waals surface area (Å²) < 4.78 is 63.7. The molecule has 1 saturated heterocycles. The molecule has 0 unspecified atom stereocenters. The molecule has 0 spiro atoms. The van der Waals surface area contributed by atoms with Gasteiger partial charge in [-0.25, -0.2) is 8.42 Å². The van der Waals surface area contributed by atoms with Crippen LogP contribution in [0.1, 0.15) is 18.4 Å². The fourth-order valence-electron chi connectivity index (χ4n) is 2.36. The van der Waals surface area contributed by atoms with Gasteiger partial charge in [0.2, 0.25) is 10.0 Å². The number of alkyl halides is 3. The summed E-state index contributed by atoms with van der Waals surface area (Å²) in [6.07, 6.45) is -2.86. The van der Waals surface area contributed by atoms with Crippen LogP contribution in [0.15, 0.2) is 29.2 Å². The molecule has 1 fully saturated rings. The SMILES string of the molecule is CN[C@H]1CCCN(S(=O)(=O)c2ccc(C(F)(F)F)cc2)C1. The topological polar surface area (TPSA) is 49.4 Å². The summed E-state index contributed by atoms with van der Waals surface area (Å²) in [6.45, 7) is 0.724. The lowest BCUT2D eigenvalue weighted by Gasteiger charge is -2.31. The number of benzene rings is 1. The molecular formula is C13H17F3N2O2S. The molecule has 118 valence electrons. The Balaban J connectivity index is 2.23. The molecule has 1 N–H and O–H groups in total. The molecule has 1 atom stereocenters. The summed E-state index contributed by atoms with van der Waals surface area (Å²) >= 11 is 0. The summed E-state index contributed by atoms with van der Waals surface area (Å²) in [4.78, 5) is -0.104. The van der Waals surface area contributed by atoms with Crippen molar-refractivity contribution in [2.45, 2.75) is 30.0 Å². The molecule has 1 aromatic rings. The zero-order valence-corrected chi connectivity index (χ0v) is 12.3. The van der Waals surface area contributed by atoms with Crippen LogP contribution in [-0.2, 0) is 16.2 Å². The van der Waals surface area contributed by atoms with E-state index < -0.39 is 21.8 Å². The minimum atomic E-state index is -4.47. The fraction of sp³-hybridized carbons (Fsp3) is 0.538. The first-order chi connectivity index (χ1) is 9.75. The van der Waals surface area contributed by atoms with Crippen molar-refractivity contribution in [3.8, 4) is 0 Å². The van der Waals surface area contributed by atoms with Gasteiger partial charge in [-0.2, -0.15) is 17.5 Å². The Bertz CT molecular complexity index is 584. The van der Waals surface area contributed by atoms with Crippen LogP contribution < -0.4 is 5.32 Å². The Morgan fingerprint density at radius 2 is 1.86 bits per heavy atom. The normalized spacial score (nSPS) is 21.4. The van der Waals surface area contributed by atoms with E-state index in [0.717, 1.165) is 37.1 Å². The van der Waals surface area contributed by atoms with Crippen LogP contribution in [-0.4, -0.2) is 38.9 Å². The summed E-state index contributed by atoms with van der Waals surface area (Å²) in [6, 6.07) is 3.70. The first kappa shape index (κ1) is 16.3. The van der Waals surface area contributed by atoms with Crippen molar-refractivity contribution in [1.29, 1.82) is 0 Å². The Kier molecular flexibility index (Phi) is 4.60. The third kappa shape index (κ3) is 3.56. The molecule has 0 radical (unpaired) electrons. The molecule has 1 aliphatic rings.